The molecule has 1 fully saturated rings. The van der Waals surface area contributed by atoms with E-state index < -0.39 is 5.82 Å². The molecule has 3 aromatic rings. The van der Waals surface area contributed by atoms with Crippen LogP contribution >= 0.6 is 69.2 Å². The summed E-state index contributed by atoms with van der Waals surface area (Å²) >= 11 is 11.0. The number of thiocarbonyl (C=S) groups is 1. The van der Waals surface area contributed by atoms with Crippen LogP contribution in [0.4, 0.5) is 10.1 Å². The molecule has 1 aliphatic rings. The van der Waals surface area contributed by atoms with E-state index in [-0.39, 0.29) is 11.6 Å². The predicted octanol–water partition coefficient (Wildman–Crippen LogP) is 7.02. The number of anilines is 1. The van der Waals surface area contributed by atoms with Gasteiger partial charge in [0.15, 0.2) is 4.32 Å². The van der Waals surface area contributed by atoms with Gasteiger partial charge >= 0.3 is 0 Å². The summed E-state index contributed by atoms with van der Waals surface area (Å²) in [5, 5.41) is 0. The minimum absolute atomic E-state index is 0.158. The van der Waals surface area contributed by atoms with E-state index in [2.05, 4.69) is 45.2 Å². The quantitative estimate of drug-likeness (QED) is 0.166. The van der Waals surface area contributed by atoms with Gasteiger partial charge in [0.25, 0.3) is 5.91 Å². The predicted molar refractivity (Wildman–Crippen MR) is 145 cm³/mol. The summed E-state index contributed by atoms with van der Waals surface area (Å²) in [6.45, 7) is 0.411. The summed E-state index contributed by atoms with van der Waals surface area (Å²) in [6, 6.07) is 20.0. The van der Waals surface area contributed by atoms with E-state index in [0.29, 0.717) is 21.6 Å². The molecule has 1 saturated heterocycles. The maximum Gasteiger partial charge on any atom is 0.270 e. The molecule has 0 aliphatic carbocycles. The summed E-state index contributed by atoms with van der Waals surface area (Å²) in [7, 11) is 0. The Balaban J connectivity index is 1.67. The lowest BCUT2D eigenvalue weighted by Gasteiger charge is -2.15. The van der Waals surface area contributed by atoms with Crippen LogP contribution in [0.25, 0.3) is 6.08 Å². The van der Waals surface area contributed by atoms with Crippen LogP contribution in [0.3, 0.4) is 0 Å². The van der Waals surface area contributed by atoms with Gasteiger partial charge in [-0.3, -0.25) is 9.69 Å². The summed E-state index contributed by atoms with van der Waals surface area (Å²) in [6.07, 6.45) is 1.77. The highest BCUT2D eigenvalue weighted by atomic mass is 127. The first-order valence-corrected chi connectivity index (χ1v) is 12.5. The SMILES string of the molecule is O=C1/C(=C/c2cc(I)cc(I)c2OCc2ccccc2)SC(=S)N1c1ccccc1F. The lowest BCUT2D eigenvalue weighted by Crippen LogP contribution is -2.28. The second kappa shape index (κ2) is 9.97. The normalized spacial score (nSPS) is 15.1. The molecular formula is C23H14FI2NO2S2. The Morgan fingerprint density at radius 3 is 2.52 bits per heavy atom. The number of ether oxygens (including phenoxy) is 1. The van der Waals surface area contributed by atoms with Crippen molar-refractivity contribution in [2.24, 2.45) is 0 Å². The summed E-state index contributed by atoms with van der Waals surface area (Å²) in [5.41, 5.74) is 1.99. The van der Waals surface area contributed by atoms with Gasteiger partial charge in [0.1, 0.15) is 18.2 Å². The topological polar surface area (TPSA) is 29.5 Å². The number of rotatable bonds is 5. The van der Waals surface area contributed by atoms with Crippen molar-refractivity contribution in [1.29, 1.82) is 0 Å². The summed E-state index contributed by atoms with van der Waals surface area (Å²) < 4.78 is 22.7. The first-order valence-electron chi connectivity index (χ1n) is 9.12. The van der Waals surface area contributed by atoms with Crippen LogP contribution in [0.5, 0.6) is 5.75 Å². The van der Waals surface area contributed by atoms with Gasteiger partial charge in [0.2, 0.25) is 0 Å². The Hall–Kier alpha value is -1.50. The molecule has 0 N–H and O–H groups in total. The third-order valence-electron chi connectivity index (χ3n) is 4.44. The van der Waals surface area contributed by atoms with Gasteiger partial charge in [-0.15, -0.1) is 0 Å². The number of amides is 1. The van der Waals surface area contributed by atoms with Gasteiger partial charge in [-0.25, -0.2) is 4.39 Å². The average Bonchev–Trinajstić information content (AvgIpc) is 3.01. The summed E-state index contributed by atoms with van der Waals surface area (Å²) in [5.74, 6) is -0.139. The number of carbonyl (C=O) groups is 1. The molecule has 0 spiro atoms. The van der Waals surface area contributed by atoms with Crippen LogP contribution < -0.4 is 9.64 Å². The lowest BCUT2D eigenvalue weighted by atomic mass is 10.1. The standard InChI is InChI=1S/C23H14FI2NO2S2/c24-17-8-4-5-9-19(17)27-22(28)20(31-23(27)30)11-15-10-16(25)12-18(26)21(15)29-13-14-6-2-1-3-7-14/h1-12H,13H2/b20-11-. The molecule has 3 nitrogen and oxygen atoms in total. The molecule has 1 aliphatic heterocycles. The Morgan fingerprint density at radius 1 is 1.06 bits per heavy atom. The molecule has 3 aromatic carbocycles. The van der Waals surface area contributed by atoms with Gasteiger partial charge in [-0.05, 0) is 81.1 Å². The van der Waals surface area contributed by atoms with Crippen molar-refractivity contribution in [3.05, 3.63) is 95.7 Å². The zero-order chi connectivity index (χ0) is 22.0. The van der Waals surface area contributed by atoms with E-state index in [4.69, 9.17) is 17.0 Å². The Kier molecular flexibility index (Phi) is 7.29. The largest absolute Gasteiger partial charge is 0.487 e. The molecule has 156 valence electrons. The summed E-state index contributed by atoms with van der Waals surface area (Å²) in [4.78, 5) is 14.7. The van der Waals surface area contributed by atoms with Crippen molar-refractivity contribution in [2.45, 2.75) is 6.61 Å². The molecular weight excluding hydrogens is 659 g/mol. The van der Waals surface area contributed by atoms with Crippen molar-refractivity contribution in [2.75, 3.05) is 4.90 Å². The van der Waals surface area contributed by atoms with Crippen molar-refractivity contribution >= 4 is 91.2 Å². The molecule has 1 amide bonds. The molecule has 0 unspecified atom stereocenters. The van der Waals surface area contributed by atoms with Crippen LogP contribution in [0.2, 0.25) is 0 Å². The van der Waals surface area contributed by atoms with Gasteiger partial charge in [-0.2, -0.15) is 0 Å². The molecule has 0 atom stereocenters. The van der Waals surface area contributed by atoms with Crippen molar-refractivity contribution in [1.82, 2.24) is 0 Å². The van der Waals surface area contributed by atoms with E-state index in [1.54, 1.807) is 24.3 Å². The number of thioether (sulfide) groups is 1. The first kappa shape index (κ1) is 22.7. The molecule has 0 saturated carbocycles. The number of hydrogen-bond acceptors (Lipinski definition) is 4. The number of carbonyl (C=O) groups excluding carboxylic acids is 1. The minimum atomic E-state index is -0.490. The Labute approximate surface area is 216 Å². The van der Waals surface area contributed by atoms with Crippen LogP contribution in [0, 0.1) is 13.0 Å². The zero-order valence-electron chi connectivity index (χ0n) is 15.8. The Bertz CT molecular complexity index is 1200. The van der Waals surface area contributed by atoms with Crippen molar-refractivity contribution in [3.63, 3.8) is 0 Å². The van der Waals surface area contributed by atoms with E-state index in [0.717, 1.165) is 30.0 Å². The van der Waals surface area contributed by atoms with E-state index in [1.165, 1.54) is 11.0 Å². The zero-order valence-corrected chi connectivity index (χ0v) is 21.8. The van der Waals surface area contributed by atoms with E-state index in [9.17, 15) is 9.18 Å². The van der Waals surface area contributed by atoms with Gasteiger partial charge in [0, 0.05) is 9.13 Å². The Morgan fingerprint density at radius 2 is 1.77 bits per heavy atom. The molecule has 0 bridgehead atoms. The number of para-hydroxylation sites is 1. The number of nitrogens with zero attached hydrogens (tertiary/aromatic N) is 1. The highest BCUT2D eigenvalue weighted by Gasteiger charge is 2.35. The maximum atomic E-state index is 14.3. The highest BCUT2D eigenvalue weighted by Crippen LogP contribution is 2.39. The van der Waals surface area contributed by atoms with Gasteiger partial charge < -0.3 is 4.74 Å². The highest BCUT2D eigenvalue weighted by molar-refractivity contribution is 14.1. The van der Waals surface area contributed by atoms with Crippen LogP contribution in [-0.4, -0.2) is 10.2 Å². The number of halogens is 3. The first-order chi connectivity index (χ1) is 14.9. The molecule has 4 rings (SSSR count). The van der Waals surface area contributed by atoms with E-state index in [1.807, 2.05) is 42.5 Å². The van der Waals surface area contributed by atoms with Crippen LogP contribution in [0.1, 0.15) is 11.1 Å². The monoisotopic (exact) mass is 673 g/mol. The van der Waals surface area contributed by atoms with Gasteiger partial charge in [0.05, 0.1) is 14.2 Å². The fraction of sp³-hybridized carbons (Fsp3) is 0.0435. The smallest absolute Gasteiger partial charge is 0.270 e. The van der Waals surface area contributed by atoms with Crippen LogP contribution in [0.15, 0.2) is 71.6 Å². The average molecular weight is 673 g/mol. The van der Waals surface area contributed by atoms with Crippen LogP contribution in [-0.2, 0) is 11.4 Å². The van der Waals surface area contributed by atoms with E-state index >= 15 is 0 Å². The number of benzene rings is 3. The third-order valence-corrected chi connectivity index (χ3v) is 7.16. The molecule has 0 aromatic heterocycles. The molecule has 31 heavy (non-hydrogen) atoms. The molecule has 1 heterocycles. The minimum Gasteiger partial charge on any atom is -0.487 e. The van der Waals surface area contributed by atoms with Crippen molar-refractivity contribution < 1.29 is 13.9 Å². The van der Waals surface area contributed by atoms with Gasteiger partial charge in [-0.1, -0.05) is 66.4 Å². The molecule has 0 radical (unpaired) electrons. The van der Waals surface area contributed by atoms with Crippen molar-refractivity contribution in [3.8, 4) is 5.75 Å². The second-order valence-electron chi connectivity index (χ2n) is 6.55. The fourth-order valence-electron chi connectivity index (χ4n) is 3.02. The second-order valence-corrected chi connectivity index (χ2v) is 10.6. The lowest BCUT2D eigenvalue weighted by molar-refractivity contribution is -0.113. The third kappa shape index (κ3) is 5.12. The maximum absolute atomic E-state index is 14.3. The fourth-order valence-corrected chi connectivity index (χ4v) is 6.34. The molecule has 8 heteroatoms. The number of hydrogen-bond donors (Lipinski definition) is 0.